The van der Waals surface area contributed by atoms with Crippen molar-refractivity contribution in [2.24, 2.45) is 0 Å². The number of carbonyl (C=O) groups is 1. The number of nitriles is 1. The molecule has 0 aromatic carbocycles. The van der Waals surface area contributed by atoms with Crippen molar-refractivity contribution in [2.75, 3.05) is 6.54 Å². The molecular formula is C11H14N4O2. The molecule has 0 radical (unpaired) electrons. The molecule has 1 rings (SSSR count). The number of nitrogens with zero attached hydrogens (tertiary/aromatic N) is 3. The Morgan fingerprint density at radius 2 is 2.18 bits per heavy atom. The highest BCUT2D eigenvalue weighted by Crippen LogP contribution is 2.04. The fourth-order valence-corrected chi connectivity index (χ4v) is 1.40. The van der Waals surface area contributed by atoms with Crippen molar-refractivity contribution < 1.29 is 4.79 Å². The Kier molecular flexibility index (Phi) is 3.99. The van der Waals surface area contributed by atoms with E-state index in [9.17, 15) is 9.59 Å². The Morgan fingerprint density at radius 1 is 1.53 bits per heavy atom. The lowest BCUT2D eigenvalue weighted by Crippen LogP contribution is -2.35. The summed E-state index contributed by atoms with van der Waals surface area (Å²) >= 11 is 0. The summed E-state index contributed by atoms with van der Waals surface area (Å²) in [6.45, 7) is 5.48. The second-order valence-corrected chi connectivity index (χ2v) is 3.61. The molecule has 0 spiro atoms. The van der Waals surface area contributed by atoms with E-state index < -0.39 is 5.56 Å². The Labute approximate surface area is 98.9 Å². The molecule has 1 aromatic heterocycles. The van der Waals surface area contributed by atoms with Crippen molar-refractivity contribution in [3.05, 3.63) is 27.2 Å². The molecule has 1 heterocycles. The van der Waals surface area contributed by atoms with Gasteiger partial charge < -0.3 is 5.32 Å². The molecule has 1 N–H and O–H groups in total. The fraction of sp³-hybridized carbons (Fsp3) is 0.455. The van der Waals surface area contributed by atoms with Crippen molar-refractivity contribution >= 4 is 5.91 Å². The van der Waals surface area contributed by atoms with E-state index in [-0.39, 0.29) is 18.0 Å². The van der Waals surface area contributed by atoms with Crippen LogP contribution in [0, 0.1) is 25.2 Å². The number of carbonyl (C=O) groups excluding carboxylic acids is 1. The minimum atomic E-state index is -0.526. The first-order valence-corrected chi connectivity index (χ1v) is 5.26. The van der Waals surface area contributed by atoms with E-state index in [1.807, 2.05) is 6.07 Å². The van der Waals surface area contributed by atoms with Gasteiger partial charge in [-0.1, -0.05) is 0 Å². The topological polar surface area (TPSA) is 87.8 Å². The van der Waals surface area contributed by atoms with Crippen molar-refractivity contribution in [3.63, 3.8) is 0 Å². The van der Waals surface area contributed by atoms with Crippen molar-refractivity contribution in [1.82, 2.24) is 15.1 Å². The van der Waals surface area contributed by atoms with Gasteiger partial charge in [-0.3, -0.25) is 9.59 Å². The molecule has 0 fully saturated rings. The maximum Gasteiger partial charge on any atom is 0.285 e. The SMILES string of the molecule is CCNC(=O)Cn1nc(C)c(C)c(C#N)c1=O. The summed E-state index contributed by atoms with van der Waals surface area (Å²) in [7, 11) is 0. The zero-order chi connectivity index (χ0) is 13.0. The maximum absolute atomic E-state index is 11.8. The second kappa shape index (κ2) is 5.25. The average molecular weight is 234 g/mol. The van der Waals surface area contributed by atoms with Gasteiger partial charge in [-0.05, 0) is 26.3 Å². The summed E-state index contributed by atoms with van der Waals surface area (Å²) in [5, 5.41) is 15.5. The van der Waals surface area contributed by atoms with Crippen LogP contribution in [0.4, 0.5) is 0 Å². The van der Waals surface area contributed by atoms with Gasteiger partial charge in [0, 0.05) is 6.54 Å². The van der Waals surface area contributed by atoms with Crippen LogP contribution in [0.25, 0.3) is 0 Å². The molecule has 0 atom stereocenters. The number of likely N-dealkylation sites (N-methyl/N-ethyl adjacent to an activating group) is 1. The summed E-state index contributed by atoms with van der Waals surface area (Å²) in [6.07, 6.45) is 0. The lowest BCUT2D eigenvalue weighted by molar-refractivity contribution is -0.121. The van der Waals surface area contributed by atoms with Crippen molar-refractivity contribution in [1.29, 1.82) is 5.26 Å². The quantitative estimate of drug-likeness (QED) is 0.789. The number of amides is 1. The van der Waals surface area contributed by atoms with E-state index in [1.165, 1.54) is 0 Å². The van der Waals surface area contributed by atoms with Crippen LogP contribution in [0.15, 0.2) is 4.79 Å². The number of nitrogens with one attached hydrogen (secondary N) is 1. The van der Waals surface area contributed by atoms with Gasteiger partial charge in [0.15, 0.2) is 0 Å². The standard InChI is InChI=1S/C11H14N4O2/c1-4-13-10(16)6-15-11(17)9(5-12)7(2)8(3)14-15/h4,6H2,1-3H3,(H,13,16). The lowest BCUT2D eigenvalue weighted by atomic mass is 10.1. The predicted octanol–water partition coefficient (Wildman–Crippen LogP) is -0.132. The van der Waals surface area contributed by atoms with E-state index in [2.05, 4.69) is 10.4 Å². The molecule has 0 aliphatic rings. The zero-order valence-electron chi connectivity index (χ0n) is 10.1. The fourth-order valence-electron chi connectivity index (χ4n) is 1.40. The Balaban J connectivity index is 3.19. The van der Waals surface area contributed by atoms with Gasteiger partial charge in [0.05, 0.1) is 5.69 Å². The van der Waals surface area contributed by atoms with Gasteiger partial charge in [-0.2, -0.15) is 10.4 Å². The molecule has 6 heteroatoms. The summed E-state index contributed by atoms with van der Waals surface area (Å²) in [5.41, 5.74) is 0.652. The largest absolute Gasteiger partial charge is 0.355 e. The highest BCUT2D eigenvalue weighted by molar-refractivity contribution is 5.75. The van der Waals surface area contributed by atoms with Gasteiger partial charge in [0.1, 0.15) is 18.2 Å². The van der Waals surface area contributed by atoms with Gasteiger partial charge in [0.2, 0.25) is 5.91 Å². The van der Waals surface area contributed by atoms with E-state index in [0.717, 1.165) is 4.68 Å². The van der Waals surface area contributed by atoms with Crippen LogP contribution in [-0.4, -0.2) is 22.2 Å². The molecule has 0 unspecified atom stereocenters. The van der Waals surface area contributed by atoms with Crippen LogP contribution in [0.2, 0.25) is 0 Å². The number of aryl methyl sites for hydroxylation is 1. The van der Waals surface area contributed by atoms with Gasteiger partial charge in [-0.25, -0.2) is 4.68 Å². The molecule has 17 heavy (non-hydrogen) atoms. The molecular weight excluding hydrogens is 220 g/mol. The smallest absolute Gasteiger partial charge is 0.285 e. The third kappa shape index (κ3) is 2.69. The molecule has 0 aliphatic carbocycles. The number of aromatic nitrogens is 2. The van der Waals surface area contributed by atoms with Gasteiger partial charge >= 0.3 is 0 Å². The van der Waals surface area contributed by atoms with Crippen LogP contribution in [0.3, 0.4) is 0 Å². The molecule has 1 amide bonds. The molecule has 0 saturated heterocycles. The second-order valence-electron chi connectivity index (χ2n) is 3.61. The first-order chi connectivity index (χ1) is 8.01. The summed E-state index contributed by atoms with van der Waals surface area (Å²) in [5.74, 6) is -0.297. The van der Waals surface area contributed by atoms with Crippen LogP contribution < -0.4 is 10.9 Å². The normalized spacial score (nSPS) is 9.76. The summed E-state index contributed by atoms with van der Waals surface area (Å²) < 4.78 is 1.02. The highest BCUT2D eigenvalue weighted by atomic mass is 16.2. The van der Waals surface area contributed by atoms with Crippen LogP contribution >= 0.6 is 0 Å². The summed E-state index contributed by atoms with van der Waals surface area (Å²) in [4.78, 5) is 23.2. The van der Waals surface area contributed by atoms with E-state index in [0.29, 0.717) is 17.8 Å². The minimum Gasteiger partial charge on any atom is -0.355 e. The number of rotatable bonds is 3. The van der Waals surface area contributed by atoms with Crippen molar-refractivity contribution in [2.45, 2.75) is 27.3 Å². The molecule has 0 bridgehead atoms. The molecule has 90 valence electrons. The number of hydrogen-bond acceptors (Lipinski definition) is 4. The summed E-state index contributed by atoms with van der Waals surface area (Å²) in [6, 6.07) is 1.84. The third-order valence-electron chi connectivity index (χ3n) is 2.42. The maximum atomic E-state index is 11.8. The van der Waals surface area contributed by atoms with Gasteiger partial charge in [-0.15, -0.1) is 0 Å². The first kappa shape index (κ1) is 12.9. The van der Waals surface area contributed by atoms with E-state index in [4.69, 9.17) is 5.26 Å². The third-order valence-corrected chi connectivity index (χ3v) is 2.42. The zero-order valence-corrected chi connectivity index (χ0v) is 10.1. The van der Waals surface area contributed by atoms with Crippen molar-refractivity contribution in [3.8, 4) is 6.07 Å². The Morgan fingerprint density at radius 3 is 2.71 bits per heavy atom. The predicted molar refractivity (Wildman–Crippen MR) is 61.4 cm³/mol. The van der Waals surface area contributed by atoms with Crippen LogP contribution in [0.1, 0.15) is 23.7 Å². The molecule has 6 nitrogen and oxygen atoms in total. The van der Waals surface area contributed by atoms with Crippen LogP contribution in [0.5, 0.6) is 0 Å². The lowest BCUT2D eigenvalue weighted by Gasteiger charge is -2.08. The molecule has 0 aliphatic heterocycles. The van der Waals surface area contributed by atoms with Gasteiger partial charge in [0.25, 0.3) is 5.56 Å². The Bertz CT molecular complexity index is 540. The highest BCUT2D eigenvalue weighted by Gasteiger charge is 2.13. The monoisotopic (exact) mass is 234 g/mol. The molecule has 1 aromatic rings. The number of hydrogen-bond donors (Lipinski definition) is 1. The average Bonchev–Trinajstić information content (AvgIpc) is 2.27. The minimum absolute atomic E-state index is 0.0433. The molecule has 0 saturated carbocycles. The van der Waals surface area contributed by atoms with Crippen LogP contribution in [-0.2, 0) is 11.3 Å². The van der Waals surface area contributed by atoms with E-state index >= 15 is 0 Å². The Hall–Kier alpha value is -2.16. The van der Waals surface area contributed by atoms with E-state index in [1.54, 1.807) is 20.8 Å². The first-order valence-electron chi connectivity index (χ1n) is 5.26.